The molecule has 1 saturated heterocycles. The Hall–Kier alpha value is -1.55. The molecule has 16 heavy (non-hydrogen) atoms. The summed E-state index contributed by atoms with van der Waals surface area (Å²) in [5, 5.41) is 12.1. The van der Waals surface area contributed by atoms with Gasteiger partial charge in [0.25, 0.3) is 0 Å². The summed E-state index contributed by atoms with van der Waals surface area (Å²) in [5.74, 6) is -0.170. The van der Waals surface area contributed by atoms with Crippen LogP contribution in [0.4, 0.5) is 5.69 Å². The van der Waals surface area contributed by atoms with Crippen molar-refractivity contribution in [3.8, 4) is 0 Å². The maximum absolute atomic E-state index is 10.6. The number of carbonyl (C=O) groups is 1. The standard InChI is InChI=1S/C12H16N2O2/c1-14-7-9(8-14)6-13-11-4-2-10(3-5-11)12(15)16/h2-5,9,13H,6-8H2,1H3,(H,15,16). The van der Waals surface area contributed by atoms with Gasteiger partial charge in [0, 0.05) is 31.2 Å². The Morgan fingerprint density at radius 3 is 2.56 bits per heavy atom. The van der Waals surface area contributed by atoms with E-state index in [2.05, 4.69) is 17.3 Å². The van der Waals surface area contributed by atoms with Crippen LogP contribution in [0, 0.1) is 5.92 Å². The lowest BCUT2D eigenvalue weighted by atomic mass is 10.0. The number of rotatable bonds is 4. The first-order valence-corrected chi connectivity index (χ1v) is 5.41. The molecule has 1 aliphatic rings. The maximum Gasteiger partial charge on any atom is 0.335 e. The molecular weight excluding hydrogens is 204 g/mol. The van der Waals surface area contributed by atoms with Crippen LogP contribution in [0.2, 0.25) is 0 Å². The first-order valence-electron chi connectivity index (χ1n) is 5.41. The number of anilines is 1. The van der Waals surface area contributed by atoms with Gasteiger partial charge in [-0.3, -0.25) is 0 Å². The summed E-state index contributed by atoms with van der Waals surface area (Å²) in [5.41, 5.74) is 1.31. The fourth-order valence-corrected chi connectivity index (χ4v) is 1.95. The minimum Gasteiger partial charge on any atom is -0.478 e. The van der Waals surface area contributed by atoms with E-state index in [9.17, 15) is 4.79 Å². The molecule has 0 atom stereocenters. The third-order valence-electron chi connectivity index (χ3n) is 2.87. The number of aromatic carboxylic acids is 1. The Kier molecular flexibility index (Phi) is 3.10. The molecule has 86 valence electrons. The maximum atomic E-state index is 10.6. The van der Waals surface area contributed by atoms with Crippen LogP contribution < -0.4 is 5.32 Å². The summed E-state index contributed by atoms with van der Waals surface area (Å²) in [6.07, 6.45) is 0. The molecule has 0 aromatic heterocycles. The van der Waals surface area contributed by atoms with E-state index < -0.39 is 5.97 Å². The molecule has 1 aromatic rings. The van der Waals surface area contributed by atoms with Gasteiger partial charge in [0.05, 0.1) is 5.56 Å². The van der Waals surface area contributed by atoms with E-state index in [-0.39, 0.29) is 0 Å². The van der Waals surface area contributed by atoms with Gasteiger partial charge < -0.3 is 15.3 Å². The van der Waals surface area contributed by atoms with E-state index in [1.807, 2.05) is 12.1 Å². The molecular formula is C12H16N2O2. The number of hydrogen-bond donors (Lipinski definition) is 2. The zero-order valence-corrected chi connectivity index (χ0v) is 9.31. The third kappa shape index (κ3) is 2.52. The quantitative estimate of drug-likeness (QED) is 0.804. The molecule has 1 aromatic carbocycles. The molecule has 0 spiro atoms. The van der Waals surface area contributed by atoms with E-state index in [4.69, 9.17) is 5.11 Å². The predicted octanol–water partition coefficient (Wildman–Crippen LogP) is 1.36. The number of carboxylic acid groups (broad SMARTS) is 1. The van der Waals surface area contributed by atoms with Gasteiger partial charge in [-0.25, -0.2) is 4.79 Å². The minimum absolute atomic E-state index is 0.328. The summed E-state index contributed by atoms with van der Waals surface area (Å²) in [6, 6.07) is 6.87. The lowest BCUT2D eigenvalue weighted by Gasteiger charge is -2.36. The molecule has 1 fully saturated rings. The Morgan fingerprint density at radius 2 is 2.06 bits per heavy atom. The molecule has 1 aliphatic heterocycles. The Balaban J connectivity index is 1.83. The Bertz CT molecular complexity index is 369. The Labute approximate surface area is 94.9 Å². The summed E-state index contributed by atoms with van der Waals surface area (Å²) >= 11 is 0. The van der Waals surface area contributed by atoms with Crippen LogP contribution in [0.1, 0.15) is 10.4 Å². The smallest absolute Gasteiger partial charge is 0.335 e. The van der Waals surface area contributed by atoms with Gasteiger partial charge in [0.15, 0.2) is 0 Å². The van der Waals surface area contributed by atoms with Gasteiger partial charge in [-0.05, 0) is 31.3 Å². The van der Waals surface area contributed by atoms with Gasteiger partial charge in [0.2, 0.25) is 0 Å². The molecule has 0 bridgehead atoms. The van der Waals surface area contributed by atoms with Crippen molar-refractivity contribution in [3.05, 3.63) is 29.8 Å². The van der Waals surface area contributed by atoms with Crippen molar-refractivity contribution in [1.82, 2.24) is 4.90 Å². The number of benzene rings is 1. The molecule has 0 amide bonds. The van der Waals surface area contributed by atoms with Gasteiger partial charge >= 0.3 is 5.97 Å². The predicted molar refractivity (Wildman–Crippen MR) is 62.9 cm³/mol. The van der Waals surface area contributed by atoms with Crippen molar-refractivity contribution in [2.45, 2.75) is 0 Å². The average molecular weight is 220 g/mol. The number of hydrogen-bond acceptors (Lipinski definition) is 3. The third-order valence-corrected chi connectivity index (χ3v) is 2.87. The van der Waals surface area contributed by atoms with Gasteiger partial charge in [0.1, 0.15) is 0 Å². The largest absolute Gasteiger partial charge is 0.478 e. The summed E-state index contributed by atoms with van der Waals surface area (Å²) in [7, 11) is 2.11. The molecule has 0 saturated carbocycles. The van der Waals surface area contributed by atoms with E-state index >= 15 is 0 Å². The molecule has 2 rings (SSSR count). The zero-order valence-electron chi connectivity index (χ0n) is 9.31. The second-order valence-electron chi connectivity index (χ2n) is 4.35. The summed E-state index contributed by atoms with van der Waals surface area (Å²) < 4.78 is 0. The molecule has 0 radical (unpaired) electrons. The highest BCUT2D eigenvalue weighted by Gasteiger charge is 2.22. The first-order chi connectivity index (χ1) is 7.65. The lowest BCUT2D eigenvalue weighted by molar-refractivity contribution is 0.0697. The summed E-state index contributed by atoms with van der Waals surface area (Å²) in [6.45, 7) is 3.23. The van der Waals surface area contributed by atoms with Crippen molar-refractivity contribution >= 4 is 11.7 Å². The van der Waals surface area contributed by atoms with Crippen LogP contribution in [0.25, 0.3) is 0 Å². The number of nitrogens with one attached hydrogen (secondary N) is 1. The van der Waals surface area contributed by atoms with E-state index in [0.717, 1.165) is 25.3 Å². The van der Waals surface area contributed by atoms with Crippen molar-refractivity contribution in [1.29, 1.82) is 0 Å². The molecule has 4 heteroatoms. The average Bonchev–Trinajstić information content (AvgIpc) is 2.23. The number of nitrogens with zero attached hydrogens (tertiary/aromatic N) is 1. The molecule has 0 unspecified atom stereocenters. The fourth-order valence-electron chi connectivity index (χ4n) is 1.95. The highest BCUT2D eigenvalue weighted by Crippen LogP contribution is 2.15. The second kappa shape index (κ2) is 4.53. The van der Waals surface area contributed by atoms with E-state index in [0.29, 0.717) is 11.5 Å². The van der Waals surface area contributed by atoms with Gasteiger partial charge in [-0.2, -0.15) is 0 Å². The normalized spacial score (nSPS) is 16.8. The van der Waals surface area contributed by atoms with Crippen LogP contribution in [-0.4, -0.2) is 42.7 Å². The van der Waals surface area contributed by atoms with Crippen LogP contribution >= 0.6 is 0 Å². The van der Waals surface area contributed by atoms with Crippen LogP contribution in [-0.2, 0) is 0 Å². The van der Waals surface area contributed by atoms with Crippen LogP contribution in [0.3, 0.4) is 0 Å². The molecule has 2 N–H and O–H groups in total. The molecule has 0 aliphatic carbocycles. The number of likely N-dealkylation sites (tertiary alicyclic amines) is 1. The zero-order chi connectivity index (χ0) is 11.5. The molecule has 1 heterocycles. The first kappa shape index (κ1) is 11.0. The topological polar surface area (TPSA) is 52.6 Å². The van der Waals surface area contributed by atoms with Crippen molar-refractivity contribution in [2.24, 2.45) is 5.92 Å². The second-order valence-corrected chi connectivity index (χ2v) is 4.35. The number of carboxylic acids is 1. The van der Waals surface area contributed by atoms with Crippen molar-refractivity contribution in [2.75, 3.05) is 32.0 Å². The monoisotopic (exact) mass is 220 g/mol. The van der Waals surface area contributed by atoms with Gasteiger partial charge in [-0.1, -0.05) is 0 Å². The van der Waals surface area contributed by atoms with E-state index in [1.54, 1.807) is 12.1 Å². The summed E-state index contributed by atoms with van der Waals surface area (Å²) in [4.78, 5) is 12.9. The lowest BCUT2D eigenvalue weighted by Crippen LogP contribution is -2.46. The Morgan fingerprint density at radius 1 is 1.44 bits per heavy atom. The highest BCUT2D eigenvalue weighted by molar-refractivity contribution is 5.87. The van der Waals surface area contributed by atoms with Crippen LogP contribution in [0.15, 0.2) is 24.3 Å². The fraction of sp³-hybridized carbons (Fsp3) is 0.417. The minimum atomic E-state index is -0.882. The van der Waals surface area contributed by atoms with Crippen molar-refractivity contribution < 1.29 is 9.90 Å². The van der Waals surface area contributed by atoms with Crippen LogP contribution in [0.5, 0.6) is 0 Å². The molecule has 4 nitrogen and oxygen atoms in total. The van der Waals surface area contributed by atoms with Gasteiger partial charge in [-0.15, -0.1) is 0 Å². The highest BCUT2D eigenvalue weighted by atomic mass is 16.4. The van der Waals surface area contributed by atoms with Crippen molar-refractivity contribution in [3.63, 3.8) is 0 Å². The van der Waals surface area contributed by atoms with E-state index in [1.165, 1.54) is 0 Å². The SMILES string of the molecule is CN1CC(CNc2ccc(C(=O)O)cc2)C1.